The van der Waals surface area contributed by atoms with E-state index in [2.05, 4.69) is 0 Å². The first-order chi connectivity index (χ1) is 9.63. The molecule has 3 rings (SSSR count). The van der Waals surface area contributed by atoms with E-state index in [1.54, 1.807) is 0 Å². The standard InChI is InChI=1S/C12H10F4O4S/c1-21(17,18)7-3-2-6(13)8-9(7)12(19-4-5-20-12)11(15,16)10(8)14/h2-3,10H,4-5H2,1H3/t10-/m1/s1. The van der Waals surface area contributed by atoms with E-state index >= 15 is 0 Å². The summed E-state index contributed by atoms with van der Waals surface area (Å²) >= 11 is 0. The molecule has 2 aliphatic rings. The molecule has 1 spiro atoms. The summed E-state index contributed by atoms with van der Waals surface area (Å²) < 4.78 is 89.6. The van der Waals surface area contributed by atoms with Crippen LogP contribution in [0.4, 0.5) is 17.6 Å². The third kappa shape index (κ3) is 1.71. The quantitative estimate of drug-likeness (QED) is 0.586. The molecular formula is C12H10F4O4S. The number of ether oxygens (including phenoxy) is 2. The second-order valence-corrected chi connectivity index (χ2v) is 6.89. The van der Waals surface area contributed by atoms with Gasteiger partial charge in [0, 0.05) is 17.4 Å². The summed E-state index contributed by atoms with van der Waals surface area (Å²) in [5, 5.41) is 0. The van der Waals surface area contributed by atoms with Crippen LogP contribution in [0.1, 0.15) is 17.3 Å². The van der Waals surface area contributed by atoms with Gasteiger partial charge in [0.05, 0.1) is 18.1 Å². The first-order valence-corrected chi connectivity index (χ1v) is 7.85. The number of benzene rings is 1. The van der Waals surface area contributed by atoms with Gasteiger partial charge in [-0.1, -0.05) is 0 Å². The summed E-state index contributed by atoms with van der Waals surface area (Å²) in [6, 6.07) is 1.45. The van der Waals surface area contributed by atoms with Gasteiger partial charge in [0.1, 0.15) is 5.82 Å². The first-order valence-electron chi connectivity index (χ1n) is 5.95. The molecule has 116 valence electrons. The third-order valence-corrected chi connectivity index (χ3v) is 4.73. The van der Waals surface area contributed by atoms with Crippen LogP contribution in [0.2, 0.25) is 0 Å². The Bertz CT molecular complexity index is 710. The Morgan fingerprint density at radius 1 is 1.24 bits per heavy atom. The number of fused-ring (bicyclic) bond motifs is 2. The topological polar surface area (TPSA) is 52.6 Å². The molecule has 0 amide bonds. The Hall–Kier alpha value is -1.19. The van der Waals surface area contributed by atoms with E-state index in [9.17, 15) is 26.0 Å². The SMILES string of the molecule is CS(=O)(=O)c1ccc(F)c2c1C1(OCCO1)C(F)(F)[C@@H]2F. The minimum absolute atomic E-state index is 0.276. The van der Waals surface area contributed by atoms with Crippen LogP contribution in [0.3, 0.4) is 0 Å². The minimum Gasteiger partial charge on any atom is -0.339 e. The van der Waals surface area contributed by atoms with Gasteiger partial charge >= 0.3 is 5.92 Å². The summed E-state index contributed by atoms with van der Waals surface area (Å²) in [7, 11) is -4.01. The highest BCUT2D eigenvalue weighted by molar-refractivity contribution is 7.90. The summed E-state index contributed by atoms with van der Waals surface area (Å²) in [5.74, 6) is -8.39. The van der Waals surface area contributed by atoms with Crippen molar-refractivity contribution in [3.8, 4) is 0 Å². The Labute approximate surface area is 117 Å². The zero-order valence-electron chi connectivity index (χ0n) is 10.7. The minimum atomic E-state index is -4.23. The van der Waals surface area contributed by atoms with E-state index in [0.717, 1.165) is 12.3 Å². The molecule has 9 heteroatoms. The average molecular weight is 326 g/mol. The smallest absolute Gasteiger partial charge is 0.339 e. The molecule has 0 unspecified atom stereocenters. The number of alkyl halides is 3. The lowest BCUT2D eigenvalue weighted by Gasteiger charge is -2.30. The maximum absolute atomic E-state index is 14.3. The summed E-state index contributed by atoms with van der Waals surface area (Å²) in [4.78, 5) is -0.624. The predicted molar refractivity (Wildman–Crippen MR) is 61.9 cm³/mol. The number of hydrogen-bond donors (Lipinski definition) is 0. The van der Waals surface area contributed by atoms with E-state index in [0.29, 0.717) is 6.07 Å². The van der Waals surface area contributed by atoms with Crippen molar-refractivity contribution in [2.45, 2.75) is 22.8 Å². The number of rotatable bonds is 1. The van der Waals surface area contributed by atoms with Crippen LogP contribution in [0.25, 0.3) is 0 Å². The predicted octanol–water partition coefficient (Wildman–Crippen LogP) is 2.09. The zero-order chi connectivity index (χ0) is 15.6. The van der Waals surface area contributed by atoms with Crippen molar-refractivity contribution in [1.29, 1.82) is 0 Å². The number of sulfone groups is 1. The van der Waals surface area contributed by atoms with E-state index in [1.807, 2.05) is 0 Å². The summed E-state index contributed by atoms with van der Waals surface area (Å²) in [6.45, 7) is -0.553. The first kappa shape index (κ1) is 14.7. The molecular weight excluding hydrogens is 316 g/mol. The van der Waals surface area contributed by atoms with Gasteiger partial charge in [-0.2, -0.15) is 8.78 Å². The highest BCUT2D eigenvalue weighted by Gasteiger charge is 2.72. The molecule has 4 nitrogen and oxygen atoms in total. The van der Waals surface area contributed by atoms with E-state index in [1.165, 1.54) is 0 Å². The lowest BCUT2D eigenvalue weighted by Crippen LogP contribution is -2.44. The van der Waals surface area contributed by atoms with Crippen molar-refractivity contribution in [1.82, 2.24) is 0 Å². The van der Waals surface area contributed by atoms with Gasteiger partial charge in [-0.25, -0.2) is 17.2 Å². The molecule has 1 aliphatic heterocycles. The molecule has 1 fully saturated rings. The van der Waals surface area contributed by atoms with E-state index in [4.69, 9.17) is 9.47 Å². The van der Waals surface area contributed by atoms with E-state index in [-0.39, 0.29) is 13.2 Å². The monoisotopic (exact) mass is 326 g/mol. The zero-order valence-corrected chi connectivity index (χ0v) is 11.5. The summed E-state index contributed by atoms with van der Waals surface area (Å²) in [5.41, 5.74) is -1.80. The largest absolute Gasteiger partial charge is 0.340 e. The molecule has 21 heavy (non-hydrogen) atoms. The van der Waals surface area contributed by atoms with Crippen molar-refractivity contribution in [2.24, 2.45) is 0 Å². The normalized spacial score (nSPS) is 26.2. The van der Waals surface area contributed by atoms with Gasteiger partial charge in [-0.3, -0.25) is 0 Å². The number of hydrogen-bond acceptors (Lipinski definition) is 4. The van der Waals surface area contributed by atoms with Crippen molar-refractivity contribution in [3.63, 3.8) is 0 Å². The molecule has 1 saturated heterocycles. The average Bonchev–Trinajstić information content (AvgIpc) is 2.91. The molecule has 0 N–H and O–H groups in total. The van der Waals surface area contributed by atoms with E-state index < -0.39 is 49.6 Å². The molecule has 1 aromatic rings. The van der Waals surface area contributed by atoms with Crippen LogP contribution in [-0.4, -0.2) is 33.8 Å². The molecule has 0 radical (unpaired) electrons. The fourth-order valence-electron chi connectivity index (χ4n) is 2.73. The van der Waals surface area contributed by atoms with Crippen LogP contribution in [-0.2, 0) is 25.1 Å². The molecule has 0 bridgehead atoms. The van der Waals surface area contributed by atoms with Gasteiger partial charge in [0.25, 0.3) is 5.79 Å². The van der Waals surface area contributed by atoms with Crippen LogP contribution in [0, 0.1) is 5.82 Å². The van der Waals surface area contributed by atoms with Crippen LogP contribution >= 0.6 is 0 Å². The molecule has 1 aromatic carbocycles. The second-order valence-electron chi connectivity index (χ2n) is 4.91. The van der Waals surface area contributed by atoms with Crippen molar-refractivity contribution in [3.05, 3.63) is 29.1 Å². The maximum atomic E-state index is 14.3. The highest BCUT2D eigenvalue weighted by atomic mass is 32.2. The molecule has 1 atom stereocenters. The van der Waals surface area contributed by atoms with Crippen molar-refractivity contribution in [2.75, 3.05) is 19.5 Å². The third-order valence-electron chi connectivity index (χ3n) is 3.59. The van der Waals surface area contributed by atoms with Crippen molar-refractivity contribution >= 4 is 9.84 Å². The lowest BCUT2D eigenvalue weighted by molar-refractivity contribution is -0.308. The molecule has 1 heterocycles. The van der Waals surface area contributed by atoms with Crippen LogP contribution in [0.5, 0.6) is 0 Å². The van der Waals surface area contributed by atoms with Crippen LogP contribution in [0.15, 0.2) is 17.0 Å². The maximum Gasteiger partial charge on any atom is 0.340 e. The summed E-state index contributed by atoms with van der Waals surface area (Å²) in [6.07, 6.45) is -2.29. The Morgan fingerprint density at radius 2 is 1.81 bits per heavy atom. The van der Waals surface area contributed by atoms with Crippen LogP contribution < -0.4 is 0 Å². The number of halogens is 4. The Kier molecular flexibility index (Phi) is 2.93. The fourth-order valence-corrected chi connectivity index (χ4v) is 3.66. The molecule has 1 aliphatic carbocycles. The van der Waals surface area contributed by atoms with Gasteiger partial charge in [-0.05, 0) is 12.1 Å². The van der Waals surface area contributed by atoms with Crippen molar-refractivity contribution < 1.29 is 35.5 Å². The highest BCUT2D eigenvalue weighted by Crippen LogP contribution is 2.61. The molecule has 0 aromatic heterocycles. The Morgan fingerprint density at radius 3 is 2.33 bits per heavy atom. The second kappa shape index (κ2) is 4.17. The lowest BCUT2D eigenvalue weighted by atomic mass is 10.1. The Balaban J connectivity index is 2.43. The fraction of sp³-hybridized carbons (Fsp3) is 0.500. The van der Waals surface area contributed by atoms with Gasteiger partial charge < -0.3 is 9.47 Å². The van der Waals surface area contributed by atoms with Gasteiger partial charge in [0.2, 0.25) is 0 Å². The van der Waals surface area contributed by atoms with Gasteiger partial charge in [-0.15, -0.1) is 0 Å². The molecule has 0 saturated carbocycles. The van der Waals surface area contributed by atoms with Gasteiger partial charge in [0.15, 0.2) is 16.0 Å².